The number of carbonyl (C=O) groups is 3. The number of hydrogen-bond acceptors (Lipinski definition) is 7. The molecule has 1 fully saturated rings. The van der Waals surface area contributed by atoms with E-state index in [4.69, 9.17) is 14.2 Å². The van der Waals surface area contributed by atoms with Gasteiger partial charge in [0, 0.05) is 5.71 Å². The Balaban J connectivity index is 1.55. The second kappa shape index (κ2) is 7.86. The molecule has 2 aliphatic rings. The summed E-state index contributed by atoms with van der Waals surface area (Å²) in [6.45, 7) is 2.01. The predicted octanol–water partition coefficient (Wildman–Crippen LogP) is 2.28. The Morgan fingerprint density at radius 3 is 2.60 bits per heavy atom. The van der Waals surface area contributed by atoms with Crippen molar-refractivity contribution in [3.63, 3.8) is 0 Å². The van der Waals surface area contributed by atoms with Crippen LogP contribution < -0.4 is 24.4 Å². The molecule has 9 nitrogen and oxygen atoms in total. The third-order valence-corrected chi connectivity index (χ3v) is 4.86. The molecule has 0 saturated carbocycles. The molecule has 1 N–H and O–H groups in total. The van der Waals surface area contributed by atoms with Gasteiger partial charge in [0.15, 0.2) is 17.4 Å². The second-order valence-electron chi connectivity index (χ2n) is 6.74. The molecule has 30 heavy (non-hydrogen) atoms. The fourth-order valence-electron chi connectivity index (χ4n) is 3.27. The van der Waals surface area contributed by atoms with Crippen LogP contribution in [0.2, 0.25) is 0 Å². The van der Waals surface area contributed by atoms with Crippen molar-refractivity contribution in [3.05, 3.63) is 48.0 Å². The lowest BCUT2D eigenvalue weighted by atomic mass is 9.99. The zero-order valence-electron chi connectivity index (χ0n) is 16.4. The summed E-state index contributed by atoms with van der Waals surface area (Å²) in [5.41, 5.74) is 1.48. The summed E-state index contributed by atoms with van der Waals surface area (Å²) in [5, 5.41) is 2.23. The van der Waals surface area contributed by atoms with E-state index in [-0.39, 0.29) is 13.3 Å². The Labute approximate surface area is 172 Å². The number of barbiturate groups is 1. The Hall–Kier alpha value is -3.88. The highest BCUT2D eigenvalue weighted by molar-refractivity contribution is 6.35. The van der Waals surface area contributed by atoms with E-state index in [0.29, 0.717) is 28.6 Å². The van der Waals surface area contributed by atoms with Gasteiger partial charge in [-0.3, -0.25) is 19.9 Å². The van der Waals surface area contributed by atoms with Crippen LogP contribution in [-0.2, 0) is 16.1 Å². The molecular weight excluding hydrogens is 390 g/mol. The quantitative estimate of drug-likeness (QED) is 0.600. The lowest BCUT2D eigenvalue weighted by Gasteiger charge is -2.30. The number of imide groups is 2. The molecule has 0 aromatic heterocycles. The molecule has 1 atom stereocenters. The monoisotopic (exact) mass is 409 g/mol. The highest BCUT2D eigenvalue weighted by Crippen LogP contribution is 2.32. The van der Waals surface area contributed by atoms with Gasteiger partial charge in [-0.25, -0.2) is 9.69 Å². The third kappa shape index (κ3) is 3.57. The van der Waals surface area contributed by atoms with Gasteiger partial charge in [-0.2, -0.15) is 0 Å². The molecular formula is C21H19N3O6. The topological polar surface area (TPSA) is 107 Å². The van der Waals surface area contributed by atoms with Crippen LogP contribution in [-0.4, -0.2) is 37.5 Å². The van der Waals surface area contributed by atoms with Crippen LogP contribution in [0, 0.1) is 5.92 Å². The van der Waals surface area contributed by atoms with E-state index in [2.05, 4.69) is 10.3 Å². The molecule has 9 heteroatoms. The van der Waals surface area contributed by atoms with Crippen LogP contribution in [0.25, 0.3) is 0 Å². The Bertz CT molecular complexity index is 1050. The summed E-state index contributed by atoms with van der Waals surface area (Å²) in [5.74, 6) is -0.669. The van der Waals surface area contributed by atoms with Gasteiger partial charge in [0.2, 0.25) is 12.7 Å². The molecule has 4 rings (SSSR count). The third-order valence-electron chi connectivity index (χ3n) is 4.86. The number of ether oxygens (including phenoxy) is 3. The first-order valence-corrected chi connectivity index (χ1v) is 9.20. The average molecular weight is 409 g/mol. The first kappa shape index (κ1) is 19.4. The Kier molecular flexibility index (Phi) is 5.09. The molecule has 4 amide bonds. The number of methoxy groups -OCH3 is 1. The van der Waals surface area contributed by atoms with Gasteiger partial charge in [0.1, 0.15) is 5.75 Å². The highest BCUT2D eigenvalue weighted by Gasteiger charge is 2.42. The minimum atomic E-state index is -1.20. The van der Waals surface area contributed by atoms with E-state index >= 15 is 0 Å². The maximum atomic E-state index is 13.0. The minimum absolute atomic E-state index is 0.174. The van der Waals surface area contributed by atoms with E-state index in [0.717, 1.165) is 10.5 Å². The lowest BCUT2D eigenvalue weighted by Crippen LogP contribution is -2.60. The number of nitrogens with one attached hydrogen (secondary N) is 1. The van der Waals surface area contributed by atoms with Crippen molar-refractivity contribution >= 4 is 29.2 Å². The van der Waals surface area contributed by atoms with Crippen LogP contribution in [0.5, 0.6) is 17.2 Å². The molecule has 0 bridgehead atoms. The van der Waals surface area contributed by atoms with Gasteiger partial charge >= 0.3 is 6.03 Å². The van der Waals surface area contributed by atoms with Gasteiger partial charge < -0.3 is 14.2 Å². The zero-order chi connectivity index (χ0) is 21.3. The average Bonchev–Trinajstić information content (AvgIpc) is 3.20. The van der Waals surface area contributed by atoms with Crippen LogP contribution in [0.1, 0.15) is 12.5 Å². The minimum Gasteiger partial charge on any atom is -0.497 e. The number of fused-ring (bicyclic) bond motifs is 1. The van der Waals surface area contributed by atoms with E-state index in [1.165, 1.54) is 7.11 Å². The van der Waals surface area contributed by atoms with E-state index in [1.54, 1.807) is 43.3 Å². The van der Waals surface area contributed by atoms with E-state index in [1.807, 2.05) is 6.07 Å². The van der Waals surface area contributed by atoms with Crippen molar-refractivity contribution in [1.29, 1.82) is 0 Å². The summed E-state index contributed by atoms with van der Waals surface area (Å²) < 4.78 is 15.7. The van der Waals surface area contributed by atoms with Gasteiger partial charge in [0.05, 0.1) is 19.3 Å². The number of carbonyl (C=O) groups excluding carboxylic acids is 3. The highest BCUT2D eigenvalue weighted by atomic mass is 16.7. The van der Waals surface area contributed by atoms with Crippen molar-refractivity contribution in [2.24, 2.45) is 10.9 Å². The predicted molar refractivity (Wildman–Crippen MR) is 107 cm³/mol. The van der Waals surface area contributed by atoms with Crippen molar-refractivity contribution in [1.82, 2.24) is 5.32 Å². The van der Waals surface area contributed by atoms with Crippen molar-refractivity contribution in [2.45, 2.75) is 13.5 Å². The number of hydrogen-bond donors (Lipinski definition) is 1. The number of urea groups is 1. The second-order valence-corrected chi connectivity index (χ2v) is 6.74. The van der Waals surface area contributed by atoms with Gasteiger partial charge in [-0.15, -0.1) is 0 Å². The SMILES string of the molecule is COc1ccc(N2C(=O)NC(=O)C(C(C)=NCc3ccc4c(c3)OCO4)C2=O)cc1. The molecule has 2 aliphatic heterocycles. The number of benzene rings is 2. The molecule has 0 radical (unpaired) electrons. The van der Waals surface area contributed by atoms with Crippen molar-refractivity contribution in [2.75, 3.05) is 18.8 Å². The molecule has 1 saturated heterocycles. The van der Waals surface area contributed by atoms with Crippen LogP contribution >= 0.6 is 0 Å². The number of rotatable bonds is 5. The number of anilines is 1. The lowest BCUT2D eigenvalue weighted by molar-refractivity contribution is -0.131. The first-order chi connectivity index (χ1) is 14.5. The zero-order valence-corrected chi connectivity index (χ0v) is 16.4. The van der Waals surface area contributed by atoms with Crippen molar-refractivity contribution < 1.29 is 28.6 Å². The fraction of sp³-hybridized carbons (Fsp3) is 0.238. The van der Waals surface area contributed by atoms with Gasteiger partial charge in [0.25, 0.3) is 5.91 Å². The summed E-state index contributed by atoms with van der Waals surface area (Å²) in [4.78, 5) is 43.0. The van der Waals surface area contributed by atoms with Crippen LogP contribution in [0.15, 0.2) is 47.5 Å². The maximum Gasteiger partial charge on any atom is 0.335 e. The van der Waals surface area contributed by atoms with E-state index in [9.17, 15) is 14.4 Å². The first-order valence-electron chi connectivity index (χ1n) is 9.20. The number of amides is 4. The molecule has 0 aliphatic carbocycles. The molecule has 2 heterocycles. The largest absolute Gasteiger partial charge is 0.497 e. The van der Waals surface area contributed by atoms with Crippen LogP contribution in [0.3, 0.4) is 0 Å². The van der Waals surface area contributed by atoms with Gasteiger partial charge in [-0.1, -0.05) is 6.07 Å². The van der Waals surface area contributed by atoms with Crippen LogP contribution in [0.4, 0.5) is 10.5 Å². The summed E-state index contributed by atoms with van der Waals surface area (Å²) >= 11 is 0. The Morgan fingerprint density at radius 1 is 1.13 bits per heavy atom. The summed E-state index contributed by atoms with van der Waals surface area (Å²) in [7, 11) is 1.52. The summed E-state index contributed by atoms with van der Waals surface area (Å²) in [6, 6.07) is 11.0. The van der Waals surface area contributed by atoms with Crippen molar-refractivity contribution in [3.8, 4) is 17.2 Å². The molecule has 1 unspecified atom stereocenters. The standard InChI is InChI=1S/C21H19N3O6/c1-12(22-10-13-3-8-16-17(9-13)30-11-29-16)18-19(25)23-21(27)24(20(18)26)14-4-6-15(28-2)7-5-14/h3-9,18H,10-11H2,1-2H3,(H,23,25,27). The normalized spacial score (nSPS) is 18.5. The molecule has 0 spiro atoms. The fourth-order valence-corrected chi connectivity index (χ4v) is 3.27. The summed E-state index contributed by atoms with van der Waals surface area (Å²) in [6.07, 6.45) is 0. The van der Waals surface area contributed by atoms with E-state index < -0.39 is 23.8 Å². The van der Waals surface area contributed by atoms with Gasteiger partial charge in [-0.05, 0) is 48.9 Å². The number of nitrogens with zero attached hydrogens (tertiary/aromatic N) is 2. The smallest absolute Gasteiger partial charge is 0.335 e. The Morgan fingerprint density at radius 2 is 1.87 bits per heavy atom. The maximum absolute atomic E-state index is 13.0. The molecule has 2 aromatic carbocycles. The molecule has 2 aromatic rings. The number of aliphatic imine (C=N–C) groups is 1. The molecule has 154 valence electrons.